The van der Waals surface area contributed by atoms with E-state index < -0.39 is 11.8 Å². The van der Waals surface area contributed by atoms with Crippen LogP contribution in [0.4, 0.5) is 10.1 Å². The summed E-state index contributed by atoms with van der Waals surface area (Å²) < 4.78 is 13.7. The van der Waals surface area contributed by atoms with Crippen molar-refractivity contribution in [1.82, 2.24) is 0 Å². The van der Waals surface area contributed by atoms with Crippen LogP contribution in [0.1, 0.15) is 12.0 Å². The summed E-state index contributed by atoms with van der Waals surface area (Å²) in [5, 5.41) is 11.4. The van der Waals surface area contributed by atoms with Crippen LogP contribution in [0.3, 0.4) is 0 Å². The lowest BCUT2D eigenvalue weighted by atomic mass is 10.1. The molecule has 0 amide bonds. The van der Waals surface area contributed by atoms with Gasteiger partial charge in [0.1, 0.15) is 11.7 Å². The highest BCUT2D eigenvalue weighted by Gasteiger charge is 2.10. The minimum Gasteiger partial charge on any atom is -0.481 e. The summed E-state index contributed by atoms with van der Waals surface area (Å²) in [5.41, 5.74) is 6.73. The van der Waals surface area contributed by atoms with Gasteiger partial charge in [-0.2, -0.15) is 0 Å². The van der Waals surface area contributed by atoms with Gasteiger partial charge in [0.05, 0.1) is 17.4 Å². The summed E-state index contributed by atoms with van der Waals surface area (Å²) in [4.78, 5) is 14.3. The minimum atomic E-state index is -0.956. The Bertz CT molecular complexity index is 491. The van der Waals surface area contributed by atoms with E-state index in [1.807, 2.05) is 0 Å². The molecule has 0 radical (unpaired) electrons. The van der Waals surface area contributed by atoms with Crippen LogP contribution < -0.4 is 11.1 Å². The maximum atomic E-state index is 13.4. The van der Waals surface area contributed by atoms with Gasteiger partial charge in [-0.1, -0.05) is 0 Å². The van der Waals surface area contributed by atoms with Crippen molar-refractivity contribution < 1.29 is 14.3 Å². The molecule has 0 saturated carbocycles. The number of nitrogens with one attached hydrogen (secondary N) is 1. The number of hydrogen-bond donors (Lipinski definition) is 3. The van der Waals surface area contributed by atoms with Gasteiger partial charge in [-0.3, -0.25) is 9.79 Å². The Morgan fingerprint density at radius 1 is 1.61 bits per heavy atom. The van der Waals surface area contributed by atoms with E-state index in [9.17, 15) is 9.18 Å². The lowest BCUT2D eigenvalue weighted by Gasteiger charge is -2.10. The number of benzene rings is 1. The van der Waals surface area contributed by atoms with Crippen molar-refractivity contribution in [3.63, 3.8) is 0 Å². The molecular formula is C11H13BrFN3O2. The zero-order chi connectivity index (χ0) is 13.7. The smallest absolute Gasteiger partial charge is 0.305 e. The average molecular weight is 318 g/mol. The highest BCUT2D eigenvalue weighted by molar-refractivity contribution is 9.10. The van der Waals surface area contributed by atoms with Gasteiger partial charge in [0.25, 0.3) is 0 Å². The summed E-state index contributed by atoms with van der Waals surface area (Å²) in [6.45, 7) is 0.0575. The van der Waals surface area contributed by atoms with Gasteiger partial charge in [-0.15, -0.1) is 0 Å². The van der Waals surface area contributed by atoms with Gasteiger partial charge in [-0.05, 0) is 28.1 Å². The number of aliphatic imine (C=N–C) groups is 1. The summed E-state index contributed by atoms with van der Waals surface area (Å²) in [6, 6.07) is 2.79. The van der Waals surface area contributed by atoms with E-state index in [0.717, 1.165) is 0 Å². The second-order valence-electron chi connectivity index (χ2n) is 3.47. The van der Waals surface area contributed by atoms with Crippen LogP contribution in [0, 0.1) is 5.82 Å². The van der Waals surface area contributed by atoms with Crippen LogP contribution >= 0.6 is 15.9 Å². The van der Waals surface area contributed by atoms with Crippen molar-refractivity contribution in [1.29, 1.82) is 0 Å². The van der Waals surface area contributed by atoms with E-state index in [2.05, 4.69) is 26.2 Å². The monoisotopic (exact) mass is 317 g/mol. The number of nitrogens with two attached hydrogens (primary N) is 1. The van der Waals surface area contributed by atoms with E-state index in [-0.39, 0.29) is 18.8 Å². The Labute approximate surface area is 112 Å². The number of hydrogen-bond acceptors (Lipinski definition) is 3. The maximum absolute atomic E-state index is 13.4. The third-order valence-electron chi connectivity index (χ3n) is 2.21. The molecule has 18 heavy (non-hydrogen) atoms. The molecule has 0 aliphatic rings. The number of nitrogens with zero attached hydrogens (tertiary/aromatic N) is 1. The van der Waals surface area contributed by atoms with Crippen LogP contribution in [0.2, 0.25) is 0 Å². The van der Waals surface area contributed by atoms with E-state index in [4.69, 9.17) is 10.8 Å². The van der Waals surface area contributed by atoms with Crippen LogP contribution in [-0.2, 0) is 4.79 Å². The standard InChI is InChI=1S/C11H13BrFN3O2/c1-15-9-5-7(12)8(13)4-6(9)11(14)16-3-2-10(17)18/h4-5,15H,2-3H2,1H3,(H2,14,16)(H,17,18). The molecule has 0 aromatic heterocycles. The molecule has 0 bridgehead atoms. The van der Waals surface area contributed by atoms with Gasteiger partial charge < -0.3 is 16.2 Å². The van der Waals surface area contributed by atoms with Crippen LogP contribution in [-0.4, -0.2) is 30.5 Å². The first-order chi connectivity index (χ1) is 8.45. The fourth-order valence-corrected chi connectivity index (χ4v) is 1.67. The molecule has 0 saturated heterocycles. The van der Waals surface area contributed by atoms with Gasteiger partial charge in [0, 0.05) is 18.3 Å². The molecule has 4 N–H and O–H groups in total. The number of carboxylic acid groups (broad SMARTS) is 1. The Morgan fingerprint density at radius 2 is 2.28 bits per heavy atom. The number of carbonyl (C=O) groups is 1. The lowest BCUT2D eigenvalue weighted by Crippen LogP contribution is -2.17. The summed E-state index contributed by atoms with van der Waals surface area (Å²) in [6.07, 6.45) is -0.116. The molecule has 7 heteroatoms. The Hall–Kier alpha value is -1.63. The van der Waals surface area contributed by atoms with Crippen molar-refractivity contribution in [3.8, 4) is 0 Å². The molecule has 0 unspecified atom stereocenters. The predicted molar refractivity (Wildman–Crippen MR) is 71.5 cm³/mol. The molecule has 1 aromatic rings. The van der Waals surface area contributed by atoms with Gasteiger partial charge >= 0.3 is 5.97 Å². The first-order valence-electron chi connectivity index (χ1n) is 5.14. The molecule has 5 nitrogen and oxygen atoms in total. The third-order valence-corrected chi connectivity index (χ3v) is 2.82. The largest absolute Gasteiger partial charge is 0.481 e. The summed E-state index contributed by atoms with van der Waals surface area (Å²) in [5.74, 6) is -1.31. The highest BCUT2D eigenvalue weighted by Crippen LogP contribution is 2.24. The fraction of sp³-hybridized carbons (Fsp3) is 0.273. The van der Waals surface area contributed by atoms with Crippen molar-refractivity contribution >= 4 is 33.4 Å². The number of rotatable bonds is 5. The third kappa shape index (κ3) is 3.69. The van der Waals surface area contributed by atoms with E-state index in [0.29, 0.717) is 15.7 Å². The Morgan fingerprint density at radius 3 is 2.83 bits per heavy atom. The molecule has 0 fully saturated rings. The lowest BCUT2D eigenvalue weighted by molar-refractivity contribution is -0.136. The molecule has 0 heterocycles. The number of carboxylic acids is 1. The minimum absolute atomic E-state index is 0.0575. The molecule has 0 spiro atoms. The van der Waals surface area contributed by atoms with E-state index in [1.54, 1.807) is 13.1 Å². The normalized spacial score (nSPS) is 11.4. The van der Waals surface area contributed by atoms with Gasteiger partial charge in [0.15, 0.2) is 0 Å². The van der Waals surface area contributed by atoms with Crippen molar-refractivity contribution in [2.24, 2.45) is 10.7 Å². The second kappa shape index (κ2) is 6.34. The zero-order valence-corrected chi connectivity index (χ0v) is 11.3. The number of amidine groups is 1. The van der Waals surface area contributed by atoms with Gasteiger partial charge in [0.2, 0.25) is 0 Å². The number of aliphatic carboxylic acids is 1. The van der Waals surface area contributed by atoms with E-state index in [1.165, 1.54) is 6.07 Å². The summed E-state index contributed by atoms with van der Waals surface area (Å²) in [7, 11) is 1.67. The van der Waals surface area contributed by atoms with Crippen LogP contribution in [0.25, 0.3) is 0 Å². The zero-order valence-electron chi connectivity index (χ0n) is 9.70. The molecule has 1 rings (SSSR count). The quantitative estimate of drug-likeness (QED) is 0.571. The molecular weight excluding hydrogens is 305 g/mol. The van der Waals surface area contributed by atoms with Crippen molar-refractivity contribution in [2.45, 2.75) is 6.42 Å². The Balaban J connectivity index is 3.00. The highest BCUT2D eigenvalue weighted by atomic mass is 79.9. The molecule has 98 valence electrons. The van der Waals surface area contributed by atoms with E-state index >= 15 is 0 Å². The average Bonchev–Trinajstić information content (AvgIpc) is 2.31. The van der Waals surface area contributed by atoms with Crippen molar-refractivity contribution in [3.05, 3.63) is 28.0 Å². The maximum Gasteiger partial charge on any atom is 0.305 e. The van der Waals surface area contributed by atoms with Crippen molar-refractivity contribution in [2.75, 3.05) is 18.9 Å². The first-order valence-corrected chi connectivity index (χ1v) is 5.94. The van der Waals surface area contributed by atoms with Crippen LogP contribution in [0.15, 0.2) is 21.6 Å². The number of anilines is 1. The molecule has 1 aromatic carbocycles. The topological polar surface area (TPSA) is 87.7 Å². The SMILES string of the molecule is CNc1cc(Br)c(F)cc1C(N)=NCCC(=O)O. The first kappa shape index (κ1) is 14.4. The number of halogens is 2. The molecule has 0 aliphatic heterocycles. The van der Waals surface area contributed by atoms with Gasteiger partial charge in [-0.25, -0.2) is 4.39 Å². The Kier molecular flexibility index (Phi) is 5.08. The van der Waals surface area contributed by atoms with Crippen LogP contribution in [0.5, 0.6) is 0 Å². The summed E-state index contributed by atoms with van der Waals surface area (Å²) >= 11 is 3.07. The fourth-order valence-electron chi connectivity index (χ4n) is 1.32. The second-order valence-corrected chi connectivity index (χ2v) is 4.33. The molecule has 0 aliphatic carbocycles. The predicted octanol–water partition coefficient (Wildman–Crippen LogP) is 1.81. The molecule has 0 atom stereocenters.